The number of Topliss-reactive ketones (excluding diaryl/α,β-unsaturated/α-hetero) is 1. The lowest BCUT2D eigenvalue weighted by molar-refractivity contribution is -0.113. The van der Waals surface area contributed by atoms with E-state index in [2.05, 4.69) is 10.3 Å². The van der Waals surface area contributed by atoms with Crippen molar-refractivity contribution in [2.24, 2.45) is 10.7 Å². The van der Waals surface area contributed by atoms with Crippen molar-refractivity contribution in [1.29, 1.82) is 0 Å². The first-order valence-corrected chi connectivity index (χ1v) is 7.54. The first-order chi connectivity index (χ1) is 11.1. The number of aryl methyl sites for hydroxylation is 1. The SMILES string of the molecule is CC(=O)C1=C(c2ccccc2)NC(N)=NC1c1ccccc1C. The second-order valence-electron chi connectivity index (χ2n) is 5.61. The highest BCUT2D eigenvalue weighted by molar-refractivity contribution is 6.06. The smallest absolute Gasteiger partial charge is 0.194 e. The van der Waals surface area contributed by atoms with E-state index in [1.54, 1.807) is 6.92 Å². The van der Waals surface area contributed by atoms with Gasteiger partial charge in [-0.15, -0.1) is 0 Å². The average molecular weight is 305 g/mol. The number of guanidine groups is 1. The summed E-state index contributed by atoms with van der Waals surface area (Å²) in [5.74, 6) is 0.308. The van der Waals surface area contributed by atoms with Gasteiger partial charge >= 0.3 is 0 Å². The Labute approximate surface area is 135 Å². The third kappa shape index (κ3) is 2.88. The molecule has 2 aromatic rings. The molecule has 23 heavy (non-hydrogen) atoms. The third-order valence-corrected chi connectivity index (χ3v) is 3.99. The number of hydrogen-bond acceptors (Lipinski definition) is 4. The molecule has 0 saturated carbocycles. The largest absolute Gasteiger partial charge is 0.370 e. The van der Waals surface area contributed by atoms with Gasteiger partial charge in [0.2, 0.25) is 0 Å². The lowest BCUT2D eigenvalue weighted by Gasteiger charge is -2.27. The molecule has 4 heteroatoms. The van der Waals surface area contributed by atoms with Gasteiger partial charge in [-0.2, -0.15) is 0 Å². The standard InChI is InChI=1S/C19H19N3O/c1-12-8-6-7-11-15(12)18-16(13(2)23)17(21-19(20)22-18)14-9-4-3-5-10-14/h3-11,18H,1-2H3,(H3,20,21,22). The molecule has 0 radical (unpaired) electrons. The fraction of sp³-hybridized carbons (Fsp3) is 0.158. The predicted octanol–water partition coefficient (Wildman–Crippen LogP) is 2.95. The first-order valence-electron chi connectivity index (χ1n) is 7.54. The summed E-state index contributed by atoms with van der Waals surface area (Å²) in [6.07, 6.45) is 0. The number of nitrogens with zero attached hydrogens (tertiary/aromatic N) is 1. The summed E-state index contributed by atoms with van der Waals surface area (Å²) >= 11 is 0. The maximum Gasteiger partial charge on any atom is 0.194 e. The molecular weight excluding hydrogens is 286 g/mol. The zero-order valence-electron chi connectivity index (χ0n) is 13.2. The highest BCUT2D eigenvalue weighted by Gasteiger charge is 2.29. The van der Waals surface area contributed by atoms with Gasteiger partial charge in [-0.05, 0) is 30.5 Å². The predicted molar refractivity (Wildman–Crippen MR) is 92.7 cm³/mol. The number of benzene rings is 2. The quantitative estimate of drug-likeness (QED) is 0.916. The molecule has 2 aromatic carbocycles. The van der Waals surface area contributed by atoms with Crippen LogP contribution in [0.4, 0.5) is 0 Å². The molecule has 1 unspecified atom stereocenters. The highest BCUT2D eigenvalue weighted by Crippen LogP contribution is 2.35. The molecule has 116 valence electrons. The maximum atomic E-state index is 12.4. The van der Waals surface area contributed by atoms with Gasteiger partial charge in [0.25, 0.3) is 0 Å². The fourth-order valence-corrected chi connectivity index (χ4v) is 2.89. The number of nitrogens with two attached hydrogens (primary N) is 1. The van der Waals surface area contributed by atoms with E-state index in [0.717, 1.165) is 22.4 Å². The molecule has 3 rings (SSSR count). The van der Waals surface area contributed by atoms with E-state index in [-0.39, 0.29) is 11.8 Å². The van der Waals surface area contributed by atoms with Crippen LogP contribution in [0.1, 0.15) is 29.7 Å². The van der Waals surface area contributed by atoms with Gasteiger partial charge in [0, 0.05) is 5.57 Å². The molecule has 0 aliphatic carbocycles. The topological polar surface area (TPSA) is 67.5 Å². The van der Waals surface area contributed by atoms with Crippen molar-refractivity contribution in [2.45, 2.75) is 19.9 Å². The lowest BCUT2D eigenvalue weighted by atomic mass is 9.89. The van der Waals surface area contributed by atoms with E-state index in [9.17, 15) is 4.79 Å². The average Bonchev–Trinajstić information content (AvgIpc) is 2.55. The number of carbonyl (C=O) groups excluding carboxylic acids is 1. The summed E-state index contributed by atoms with van der Waals surface area (Å²) in [5.41, 5.74) is 10.4. The van der Waals surface area contributed by atoms with Crippen molar-refractivity contribution in [3.63, 3.8) is 0 Å². The van der Waals surface area contributed by atoms with Crippen LogP contribution in [0.25, 0.3) is 5.70 Å². The van der Waals surface area contributed by atoms with E-state index >= 15 is 0 Å². The van der Waals surface area contributed by atoms with Crippen LogP contribution in [0.5, 0.6) is 0 Å². The second kappa shape index (κ2) is 6.08. The van der Waals surface area contributed by atoms with Crippen LogP contribution < -0.4 is 11.1 Å². The van der Waals surface area contributed by atoms with E-state index in [0.29, 0.717) is 11.5 Å². The molecular formula is C19H19N3O. The Morgan fingerprint density at radius 3 is 2.39 bits per heavy atom. The van der Waals surface area contributed by atoms with Crippen molar-refractivity contribution in [3.05, 3.63) is 76.9 Å². The van der Waals surface area contributed by atoms with Gasteiger partial charge in [0.15, 0.2) is 11.7 Å². The third-order valence-electron chi connectivity index (χ3n) is 3.99. The van der Waals surface area contributed by atoms with Crippen molar-refractivity contribution in [2.75, 3.05) is 0 Å². The van der Waals surface area contributed by atoms with Gasteiger partial charge in [-0.25, -0.2) is 4.99 Å². The monoisotopic (exact) mass is 305 g/mol. The number of hydrogen-bond donors (Lipinski definition) is 2. The number of nitrogens with one attached hydrogen (secondary N) is 1. The van der Waals surface area contributed by atoms with E-state index in [1.165, 1.54) is 0 Å². The summed E-state index contributed by atoms with van der Waals surface area (Å²) in [6.45, 7) is 3.59. The Morgan fingerprint density at radius 1 is 1.09 bits per heavy atom. The van der Waals surface area contributed by atoms with Gasteiger partial charge in [-0.3, -0.25) is 4.79 Å². The zero-order valence-corrected chi connectivity index (χ0v) is 13.2. The molecule has 0 saturated heterocycles. The van der Waals surface area contributed by atoms with Crippen LogP contribution in [0.15, 0.2) is 65.2 Å². The zero-order chi connectivity index (χ0) is 16.4. The number of carbonyl (C=O) groups is 1. The van der Waals surface area contributed by atoms with Crippen LogP contribution in [-0.2, 0) is 4.79 Å². The van der Waals surface area contributed by atoms with Crippen LogP contribution >= 0.6 is 0 Å². The van der Waals surface area contributed by atoms with Gasteiger partial charge in [0.1, 0.15) is 6.04 Å². The molecule has 0 fully saturated rings. The Balaban J connectivity index is 2.21. The molecule has 1 aliphatic rings. The molecule has 1 atom stereocenters. The summed E-state index contributed by atoms with van der Waals surface area (Å²) in [5, 5.41) is 3.07. The first kappa shape index (κ1) is 15.0. The minimum absolute atomic E-state index is 0.0131. The minimum Gasteiger partial charge on any atom is -0.370 e. The lowest BCUT2D eigenvalue weighted by Crippen LogP contribution is -2.36. The van der Waals surface area contributed by atoms with Gasteiger partial charge in [0.05, 0.1) is 5.70 Å². The second-order valence-corrected chi connectivity index (χ2v) is 5.61. The Morgan fingerprint density at radius 2 is 1.74 bits per heavy atom. The van der Waals surface area contributed by atoms with Crippen molar-refractivity contribution < 1.29 is 4.79 Å². The summed E-state index contributed by atoms with van der Waals surface area (Å²) < 4.78 is 0. The van der Waals surface area contributed by atoms with E-state index in [4.69, 9.17) is 5.73 Å². The van der Waals surface area contributed by atoms with Crippen molar-refractivity contribution in [1.82, 2.24) is 5.32 Å². The van der Waals surface area contributed by atoms with E-state index in [1.807, 2.05) is 61.5 Å². The maximum absolute atomic E-state index is 12.4. The normalized spacial score (nSPS) is 17.5. The van der Waals surface area contributed by atoms with Crippen molar-refractivity contribution >= 4 is 17.4 Å². The highest BCUT2D eigenvalue weighted by atomic mass is 16.1. The fourth-order valence-electron chi connectivity index (χ4n) is 2.89. The molecule has 0 aromatic heterocycles. The van der Waals surface area contributed by atoms with Crippen LogP contribution in [0, 0.1) is 6.92 Å². The van der Waals surface area contributed by atoms with Gasteiger partial charge in [-0.1, -0.05) is 54.6 Å². The number of rotatable bonds is 3. The molecule has 0 spiro atoms. The Hall–Kier alpha value is -2.88. The van der Waals surface area contributed by atoms with Crippen LogP contribution in [-0.4, -0.2) is 11.7 Å². The Kier molecular flexibility index (Phi) is 3.98. The molecule has 3 N–H and O–H groups in total. The molecule has 0 amide bonds. The molecule has 0 bridgehead atoms. The minimum atomic E-state index is -0.384. The molecule has 4 nitrogen and oxygen atoms in total. The molecule has 1 aliphatic heterocycles. The summed E-state index contributed by atoms with van der Waals surface area (Å²) in [4.78, 5) is 16.9. The number of ketones is 1. The van der Waals surface area contributed by atoms with Crippen molar-refractivity contribution in [3.8, 4) is 0 Å². The van der Waals surface area contributed by atoms with E-state index < -0.39 is 0 Å². The number of aliphatic imine (C=N–C) groups is 1. The Bertz CT molecular complexity index is 806. The van der Waals surface area contributed by atoms with Gasteiger partial charge < -0.3 is 11.1 Å². The van der Waals surface area contributed by atoms with Crippen LogP contribution in [0.2, 0.25) is 0 Å². The molecule has 1 heterocycles. The van der Waals surface area contributed by atoms with Crippen LogP contribution in [0.3, 0.4) is 0 Å². The summed E-state index contributed by atoms with van der Waals surface area (Å²) in [6, 6.07) is 17.3. The summed E-state index contributed by atoms with van der Waals surface area (Å²) in [7, 11) is 0.